The minimum Gasteiger partial charge on any atom is -0.466 e. The molecular weight excluding hydrogens is 509 g/mol. The molecule has 1 fully saturated rings. The van der Waals surface area contributed by atoms with E-state index in [1.807, 2.05) is 30.4 Å². The summed E-state index contributed by atoms with van der Waals surface area (Å²) in [6.45, 7) is 2.09. The van der Waals surface area contributed by atoms with E-state index >= 15 is 0 Å². The number of benzene rings is 1. The Bertz CT molecular complexity index is 810. The van der Waals surface area contributed by atoms with Crippen LogP contribution in [0, 0.1) is 9.49 Å². The van der Waals surface area contributed by atoms with Gasteiger partial charge in [-0.3, -0.25) is 4.79 Å². The quantitative estimate of drug-likeness (QED) is 0.0707. The van der Waals surface area contributed by atoms with E-state index < -0.39 is 11.7 Å². The number of carbonyl (C=O) groups is 1. The Kier molecular flexibility index (Phi) is 10.8. The van der Waals surface area contributed by atoms with Crippen LogP contribution in [-0.2, 0) is 16.0 Å². The number of hydrogen-bond acceptors (Lipinski definition) is 5. The monoisotopic (exact) mass is 541 g/mol. The number of carbonyl (C=O) groups excluding carboxylic acids is 1. The Morgan fingerprint density at radius 2 is 2.29 bits per heavy atom. The fourth-order valence-electron chi connectivity index (χ4n) is 4.09. The van der Waals surface area contributed by atoms with Gasteiger partial charge in [0.25, 0.3) is 0 Å². The molecule has 2 rings (SSSR count). The van der Waals surface area contributed by atoms with Gasteiger partial charge in [-0.2, -0.15) is 0 Å². The summed E-state index contributed by atoms with van der Waals surface area (Å²) in [6, 6.07) is 5.84. The van der Waals surface area contributed by atoms with Crippen molar-refractivity contribution in [2.75, 3.05) is 6.61 Å². The number of unbranched alkanes of at least 4 members (excludes halogenated alkanes) is 1. The summed E-state index contributed by atoms with van der Waals surface area (Å²) in [4.78, 5) is 14.6. The van der Waals surface area contributed by atoms with Gasteiger partial charge in [-0.05, 0) is 97.5 Å². The van der Waals surface area contributed by atoms with Crippen LogP contribution in [0.3, 0.4) is 0 Å². The molecule has 1 aromatic carbocycles. The number of aliphatic hydroxyl groups excluding tert-OH is 1. The molecule has 0 bridgehead atoms. The molecule has 31 heavy (non-hydrogen) atoms. The zero-order valence-electron chi connectivity index (χ0n) is 18.0. The maximum absolute atomic E-state index is 11.7. The molecule has 0 saturated heterocycles. The molecule has 1 saturated carbocycles. The Labute approximate surface area is 197 Å². The largest absolute Gasteiger partial charge is 0.466 e. The number of allylic oxidation sites excluding steroid dienone is 1. The van der Waals surface area contributed by atoms with E-state index in [2.05, 4.69) is 32.6 Å². The fraction of sp³-hybridized carbons (Fsp3) is 0.609. The molecule has 0 aromatic heterocycles. The van der Waals surface area contributed by atoms with Gasteiger partial charge in [0.2, 0.25) is 0 Å². The summed E-state index contributed by atoms with van der Waals surface area (Å²) in [6.07, 6.45) is 9.77. The van der Waals surface area contributed by atoms with Gasteiger partial charge in [-0.25, -0.2) is 0 Å². The molecule has 0 aliphatic heterocycles. The summed E-state index contributed by atoms with van der Waals surface area (Å²) in [5.41, 5.74) is 9.37. The summed E-state index contributed by atoms with van der Waals surface area (Å²) < 4.78 is 5.91. The van der Waals surface area contributed by atoms with Crippen molar-refractivity contribution in [2.45, 2.75) is 76.4 Å². The van der Waals surface area contributed by atoms with E-state index in [0.717, 1.165) is 35.7 Å². The molecule has 2 N–H and O–H groups in total. The van der Waals surface area contributed by atoms with E-state index in [9.17, 15) is 15.0 Å². The molecule has 0 heterocycles. The van der Waals surface area contributed by atoms with Crippen LogP contribution in [0.5, 0.6) is 0 Å². The summed E-state index contributed by atoms with van der Waals surface area (Å²) in [5.74, 6) is -0.184. The maximum Gasteiger partial charge on any atom is 0.308 e. The Morgan fingerprint density at radius 3 is 3.00 bits per heavy atom. The summed E-state index contributed by atoms with van der Waals surface area (Å²) >= 11 is 2.17. The molecule has 8 heteroatoms. The fourth-order valence-corrected chi connectivity index (χ4v) is 4.78. The summed E-state index contributed by atoms with van der Waals surface area (Å²) in [7, 11) is 0. The first-order valence-electron chi connectivity index (χ1n) is 10.9. The SMILES string of the molecule is CCOC(=O)C[C@]1(O)CCC[C@H](/C=C/C(O)CCCCc2ccc(N=[N+]=[N-])c(I)c2)C1. The Hall–Kier alpha value is -1.61. The molecule has 1 unspecified atom stereocenters. The van der Waals surface area contributed by atoms with E-state index in [1.165, 1.54) is 5.56 Å². The van der Waals surface area contributed by atoms with Crippen LogP contribution in [0.15, 0.2) is 35.5 Å². The molecule has 170 valence electrons. The van der Waals surface area contributed by atoms with E-state index in [4.69, 9.17) is 10.3 Å². The number of aliphatic hydroxyl groups is 2. The normalized spacial score (nSPS) is 22.1. The van der Waals surface area contributed by atoms with Gasteiger partial charge in [0, 0.05) is 8.48 Å². The number of esters is 1. The zero-order chi connectivity index (χ0) is 22.7. The number of azide groups is 1. The minimum atomic E-state index is -1.00. The highest BCUT2D eigenvalue weighted by Gasteiger charge is 2.35. The van der Waals surface area contributed by atoms with Crippen LogP contribution in [0.1, 0.15) is 63.9 Å². The predicted molar refractivity (Wildman–Crippen MR) is 129 cm³/mol. The predicted octanol–water partition coefficient (Wildman–Crippen LogP) is 5.74. The van der Waals surface area contributed by atoms with Gasteiger partial charge in [0.15, 0.2) is 0 Å². The van der Waals surface area contributed by atoms with Crippen molar-refractivity contribution in [1.82, 2.24) is 0 Å². The first-order chi connectivity index (χ1) is 14.8. The van der Waals surface area contributed by atoms with Gasteiger partial charge in [-0.1, -0.05) is 35.8 Å². The van der Waals surface area contributed by atoms with Gasteiger partial charge in [-0.15, -0.1) is 0 Å². The Morgan fingerprint density at radius 1 is 1.48 bits per heavy atom. The van der Waals surface area contributed by atoms with Gasteiger partial charge < -0.3 is 14.9 Å². The lowest BCUT2D eigenvalue weighted by atomic mass is 9.76. The molecular formula is C23H32IN3O4. The minimum absolute atomic E-state index is 0.0382. The second-order valence-electron chi connectivity index (χ2n) is 8.24. The van der Waals surface area contributed by atoms with Crippen LogP contribution in [0.2, 0.25) is 0 Å². The van der Waals surface area contributed by atoms with Crippen molar-refractivity contribution >= 4 is 34.2 Å². The number of aryl methyl sites for hydroxylation is 1. The van der Waals surface area contributed by atoms with E-state index in [0.29, 0.717) is 31.6 Å². The highest BCUT2D eigenvalue weighted by molar-refractivity contribution is 14.1. The number of rotatable bonds is 11. The van der Waals surface area contributed by atoms with Crippen molar-refractivity contribution < 1.29 is 19.7 Å². The summed E-state index contributed by atoms with van der Waals surface area (Å²) in [5, 5.41) is 24.7. The second kappa shape index (κ2) is 13.1. The van der Waals surface area contributed by atoms with Gasteiger partial charge >= 0.3 is 5.97 Å². The van der Waals surface area contributed by atoms with Gasteiger partial charge in [0.05, 0.1) is 30.4 Å². The lowest BCUT2D eigenvalue weighted by Gasteiger charge is -2.35. The van der Waals surface area contributed by atoms with Crippen LogP contribution < -0.4 is 0 Å². The molecule has 3 atom stereocenters. The maximum atomic E-state index is 11.7. The van der Waals surface area contributed by atoms with Crippen molar-refractivity contribution in [3.8, 4) is 0 Å². The first-order valence-corrected chi connectivity index (χ1v) is 12.0. The topological polar surface area (TPSA) is 116 Å². The highest BCUT2D eigenvalue weighted by atomic mass is 127. The van der Waals surface area contributed by atoms with E-state index in [-0.39, 0.29) is 18.3 Å². The van der Waals surface area contributed by atoms with Gasteiger partial charge in [0.1, 0.15) is 0 Å². The van der Waals surface area contributed by atoms with Crippen LogP contribution in [-0.4, -0.2) is 34.5 Å². The second-order valence-corrected chi connectivity index (χ2v) is 9.40. The lowest BCUT2D eigenvalue weighted by Crippen LogP contribution is -2.37. The highest BCUT2D eigenvalue weighted by Crippen LogP contribution is 2.36. The molecule has 0 radical (unpaired) electrons. The third kappa shape index (κ3) is 9.19. The average Bonchev–Trinajstić information content (AvgIpc) is 2.71. The first kappa shape index (κ1) is 25.6. The molecule has 0 amide bonds. The standard InChI is InChI=1S/C23H32IN3O4/c1-2-31-22(29)16-23(30)13-5-7-18(15-23)9-11-19(28)8-4-3-6-17-10-12-21(26-27-25)20(24)14-17/h9-12,14,18-19,28,30H,2-8,13,15-16H2,1H3/b11-9+/t18-,19?,23+/m1/s1. The molecule has 7 nitrogen and oxygen atoms in total. The number of hydrogen-bond donors (Lipinski definition) is 2. The van der Waals surface area contributed by atoms with Crippen molar-refractivity contribution in [3.05, 3.63) is 49.9 Å². The third-order valence-corrected chi connectivity index (χ3v) is 6.49. The number of nitrogens with zero attached hydrogens (tertiary/aromatic N) is 3. The third-order valence-electron chi connectivity index (χ3n) is 5.62. The lowest BCUT2D eigenvalue weighted by molar-refractivity contribution is -0.150. The van der Waals surface area contributed by atoms with E-state index in [1.54, 1.807) is 6.92 Å². The van der Waals surface area contributed by atoms with Crippen molar-refractivity contribution in [2.24, 2.45) is 11.0 Å². The van der Waals surface area contributed by atoms with Crippen molar-refractivity contribution in [1.29, 1.82) is 0 Å². The Balaban J connectivity index is 1.73. The molecule has 1 aliphatic rings. The average molecular weight is 541 g/mol. The number of halogens is 1. The van der Waals surface area contributed by atoms with Crippen molar-refractivity contribution in [3.63, 3.8) is 0 Å². The van der Waals surface area contributed by atoms with Crippen LogP contribution in [0.4, 0.5) is 5.69 Å². The van der Waals surface area contributed by atoms with Crippen LogP contribution in [0.25, 0.3) is 10.4 Å². The number of ether oxygens (including phenoxy) is 1. The molecule has 0 spiro atoms. The molecule has 1 aromatic rings. The molecule has 1 aliphatic carbocycles. The zero-order valence-corrected chi connectivity index (χ0v) is 20.2. The smallest absolute Gasteiger partial charge is 0.308 e. The van der Waals surface area contributed by atoms with Crippen LogP contribution >= 0.6 is 22.6 Å².